The highest BCUT2D eigenvalue weighted by molar-refractivity contribution is 5.63. The van der Waals surface area contributed by atoms with Gasteiger partial charge < -0.3 is 10.2 Å². The molecule has 1 aromatic heterocycles. The molecule has 0 unspecified atom stereocenters. The number of pyridine rings is 1. The Bertz CT molecular complexity index is 354. The van der Waals surface area contributed by atoms with Crippen molar-refractivity contribution in [1.29, 1.82) is 0 Å². The molecule has 1 aliphatic rings. The van der Waals surface area contributed by atoms with Gasteiger partial charge in [0, 0.05) is 37.1 Å². The van der Waals surface area contributed by atoms with Crippen LogP contribution in [0, 0.1) is 13.8 Å². The van der Waals surface area contributed by atoms with Crippen LogP contribution in [-0.4, -0.2) is 25.1 Å². The molecular weight excluding hydrogens is 186 g/mol. The van der Waals surface area contributed by atoms with E-state index >= 15 is 0 Å². The van der Waals surface area contributed by atoms with Crippen molar-refractivity contribution in [1.82, 2.24) is 4.98 Å². The number of nitrogens with one attached hydrogen (secondary N) is 1. The number of aromatic nitrogens is 1. The maximum Gasteiger partial charge on any atom is 0.130 e. The lowest BCUT2D eigenvalue weighted by molar-refractivity contribution is 0.949. The van der Waals surface area contributed by atoms with Crippen LogP contribution in [-0.2, 0) is 0 Å². The quantitative estimate of drug-likeness (QED) is 0.803. The molecular formula is C12H19N3. The number of rotatable bonds is 2. The fraction of sp³-hybridized carbons (Fsp3) is 0.583. The van der Waals surface area contributed by atoms with Gasteiger partial charge in [0.2, 0.25) is 0 Å². The summed E-state index contributed by atoms with van der Waals surface area (Å²) in [6.45, 7) is 6.58. The molecule has 2 rings (SSSR count). The van der Waals surface area contributed by atoms with Crippen molar-refractivity contribution in [3.05, 3.63) is 17.3 Å². The first kappa shape index (κ1) is 10.3. The van der Waals surface area contributed by atoms with Crippen molar-refractivity contribution >= 4 is 11.5 Å². The maximum absolute atomic E-state index is 4.49. The molecule has 1 aliphatic heterocycles. The Kier molecular flexibility index (Phi) is 2.80. The van der Waals surface area contributed by atoms with E-state index in [4.69, 9.17) is 0 Å². The fourth-order valence-electron chi connectivity index (χ4n) is 2.25. The molecule has 0 radical (unpaired) electrons. The SMILES string of the molecule is CNc1nc(C)cc(N2CCCC2)c1C. The van der Waals surface area contributed by atoms with Gasteiger partial charge in [-0.15, -0.1) is 0 Å². The van der Waals surface area contributed by atoms with Crippen molar-refractivity contribution in [3.8, 4) is 0 Å². The van der Waals surface area contributed by atoms with Gasteiger partial charge in [0.25, 0.3) is 0 Å². The van der Waals surface area contributed by atoms with Gasteiger partial charge in [0.1, 0.15) is 5.82 Å². The Hall–Kier alpha value is -1.25. The Morgan fingerprint density at radius 1 is 1.27 bits per heavy atom. The van der Waals surface area contributed by atoms with Crippen LogP contribution in [0.3, 0.4) is 0 Å². The van der Waals surface area contributed by atoms with E-state index in [2.05, 4.69) is 35.1 Å². The van der Waals surface area contributed by atoms with Crippen LogP contribution < -0.4 is 10.2 Å². The molecule has 82 valence electrons. The van der Waals surface area contributed by atoms with E-state index in [0.29, 0.717) is 0 Å². The minimum atomic E-state index is 1.01. The number of aryl methyl sites for hydroxylation is 1. The Balaban J connectivity index is 2.40. The van der Waals surface area contributed by atoms with E-state index in [1.54, 1.807) is 0 Å². The Morgan fingerprint density at radius 3 is 2.53 bits per heavy atom. The van der Waals surface area contributed by atoms with E-state index in [-0.39, 0.29) is 0 Å². The van der Waals surface area contributed by atoms with Crippen molar-refractivity contribution in [2.24, 2.45) is 0 Å². The van der Waals surface area contributed by atoms with Crippen LogP contribution in [0.1, 0.15) is 24.1 Å². The van der Waals surface area contributed by atoms with Gasteiger partial charge >= 0.3 is 0 Å². The molecule has 3 heteroatoms. The third kappa shape index (κ3) is 1.91. The van der Waals surface area contributed by atoms with Crippen LogP contribution in [0.25, 0.3) is 0 Å². The van der Waals surface area contributed by atoms with Gasteiger partial charge in [0.15, 0.2) is 0 Å². The molecule has 0 aliphatic carbocycles. The largest absolute Gasteiger partial charge is 0.373 e. The highest BCUT2D eigenvalue weighted by Gasteiger charge is 2.16. The number of anilines is 2. The molecule has 0 bridgehead atoms. The van der Waals surface area contributed by atoms with Gasteiger partial charge in [0.05, 0.1) is 0 Å². The van der Waals surface area contributed by atoms with Gasteiger partial charge in [-0.1, -0.05) is 0 Å². The minimum Gasteiger partial charge on any atom is -0.373 e. The maximum atomic E-state index is 4.49. The third-order valence-electron chi connectivity index (χ3n) is 3.06. The molecule has 2 heterocycles. The monoisotopic (exact) mass is 205 g/mol. The van der Waals surface area contributed by atoms with Crippen LogP contribution >= 0.6 is 0 Å². The summed E-state index contributed by atoms with van der Waals surface area (Å²) in [5.74, 6) is 1.01. The van der Waals surface area contributed by atoms with Crippen LogP contribution in [0.4, 0.5) is 11.5 Å². The average Bonchev–Trinajstić information content (AvgIpc) is 2.74. The van der Waals surface area contributed by atoms with Crippen molar-refractivity contribution in [3.63, 3.8) is 0 Å². The van der Waals surface area contributed by atoms with E-state index in [0.717, 1.165) is 11.5 Å². The highest BCUT2D eigenvalue weighted by atomic mass is 15.2. The topological polar surface area (TPSA) is 28.2 Å². The third-order valence-corrected chi connectivity index (χ3v) is 3.06. The zero-order chi connectivity index (χ0) is 10.8. The predicted octanol–water partition coefficient (Wildman–Crippen LogP) is 2.34. The Morgan fingerprint density at radius 2 is 1.93 bits per heavy atom. The van der Waals surface area contributed by atoms with Crippen LogP contribution in [0.2, 0.25) is 0 Å². The predicted molar refractivity (Wildman–Crippen MR) is 64.7 cm³/mol. The van der Waals surface area contributed by atoms with E-state index in [1.807, 2.05) is 7.05 Å². The summed E-state index contributed by atoms with van der Waals surface area (Å²) in [6, 6.07) is 2.20. The van der Waals surface area contributed by atoms with Crippen LogP contribution in [0.15, 0.2) is 6.07 Å². The lowest BCUT2D eigenvalue weighted by atomic mass is 10.2. The van der Waals surface area contributed by atoms with Crippen molar-refractivity contribution in [2.45, 2.75) is 26.7 Å². The summed E-state index contributed by atoms with van der Waals surface area (Å²) in [6.07, 6.45) is 2.63. The molecule has 1 aromatic rings. The molecule has 1 fully saturated rings. The van der Waals surface area contributed by atoms with Gasteiger partial charge in [-0.05, 0) is 32.8 Å². The molecule has 1 saturated heterocycles. The first-order chi connectivity index (χ1) is 7.22. The summed E-state index contributed by atoms with van der Waals surface area (Å²) >= 11 is 0. The highest BCUT2D eigenvalue weighted by Crippen LogP contribution is 2.28. The second-order valence-corrected chi connectivity index (χ2v) is 4.20. The van der Waals surface area contributed by atoms with Crippen molar-refractivity contribution in [2.75, 3.05) is 30.4 Å². The summed E-state index contributed by atoms with van der Waals surface area (Å²) in [5.41, 5.74) is 3.71. The summed E-state index contributed by atoms with van der Waals surface area (Å²) < 4.78 is 0. The number of hydrogen-bond donors (Lipinski definition) is 1. The van der Waals surface area contributed by atoms with Gasteiger partial charge in [-0.2, -0.15) is 0 Å². The summed E-state index contributed by atoms with van der Waals surface area (Å²) in [7, 11) is 1.93. The zero-order valence-electron chi connectivity index (χ0n) is 9.80. The minimum absolute atomic E-state index is 1.01. The fourth-order valence-corrected chi connectivity index (χ4v) is 2.25. The number of nitrogens with zero attached hydrogens (tertiary/aromatic N) is 2. The molecule has 3 nitrogen and oxygen atoms in total. The van der Waals surface area contributed by atoms with E-state index in [9.17, 15) is 0 Å². The smallest absolute Gasteiger partial charge is 0.130 e. The number of hydrogen-bond acceptors (Lipinski definition) is 3. The lowest BCUT2D eigenvalue weighted by Gasteiger charge is -2.22. The first-order valence-corrected chi connectivity index (χ1v) is 5.63. The lowest BCUT2D eigenvalue weighted by Crippen LogP contribution is -2.19. The van der Waals surface area contributed by atoms with Crippen molar-refractivity contribution < 1.29 is 0 Å². The average molecular weight is 205 g/mol. The molecule has 0 spiro atoms. The zero-order valence-corrected chi connectivity index (χ0v) is 9.80. The normalized spacial score (nSPS) is 15.8. The summed E-state index contributed by atoms with van der Waals surface area (Å²) in [5, 5.41) is 3.16. The second kappa shape index (κ2) is 4.09. The van der Waals surface area contributed by atoms with E-state index < -0.39 is 0 Å². The molecule has 0 amide bonds. The standard InChI is InChI=1S/C12H19N3/c1-9-8-11(15-6-4-5-7-15)10(2)12(13-3)14-9/h8H,4-7H2,1-3H3,(H,13,14). The van der Waals surface area contributed by atoms with Gasteiger partial charge in [-0.3, -0.25) is 0 Å². The molecule has 1 N–H and O–H groups in total. The van der Waals surface area contributed by atoms with Crippen LogP contribution in [0.5, 0.6) is 0 Å². The summed E-state index contributed by atoms with van der Waals surface area (Å²) in [4.78, 5) is 6.95. The molecule has 0 aromatic carbocycles. The Labute approximate surface area is 91.5 Å². The molecule has 0 saturated carbocycles. The molecule has 0 atom stereocenters. The first-order valence-electron chi connectivity index (χ1n) is 5.63. The van der Waals surface area contributed by atoms with E-state index in [1.165, 1.54) is 37.2 Å². The second-order valence-electron chi connectivity index (χ2n) is 4.20. The molecule has 15 heavy (non-hydrogen) atoms. The van der Waals surface area contributed by atoms with Gasteiger partial charge in [-0.25, -0.2) is 4.98 Å².